The first-order valence-corrected chi connectivity index (χ1v) is 6.68. The number of amides is 4. The molecular weight excluding hydrogens is 274 g/mol. The van der Waals surface area contributed by atoms with Gasteiger partial charge in [0.15, 0.2) is 6.61 Å². The number of carbonyl (C=O) groups is 3. The maximum Gasteiger partial charge on any atom is 0.322 e. The van der Waals surface area contributed by atoms with Crippen LogP contribution in [0, 0.1) is 0 Å². The van der Waals surface area contributed by atoms with Gasteiger partial charge in [0.05, 0.1) is 6.54 Å². The second-order valence-electron chi connectivity index (χ2n) is 5.16. The summed E-state index contributed by atoms with van der Waals surface area (Å²) < 4.78 is 5.40. The highest BCUT2D eigenvalue weighted by Gasteiger charge is 2.51. The summed E-state index contributed by atoms with van der Waals surface area (Å²) in [6, 6.07) is 8.54. The number of carbonyl (C=O) groups excluding carboxylic acids is 3. The van der Waals surface area contributed by atoms with Crippen molar-refractivity contribution in [1.82, 2.24) is 15.5 Å². The normalized spacial score (nSPS) is 24.1. The highest BCUT2D eigenvalue weighted by Crippen LogP contribution is 2.24. The van der Waals surface area contributed by atoms with Crippen LogP contribution < -0.4 is 15.4 Å². The summed E-state index contributed by atoms with van der Waals surface area (Å²) in [6.45, 7) is 0.516. The van der Waals surface area contributed by atoms with Gasteiger partial charge < -0.3 is 15.0 Å². The molecule has 1 aromatic rings. The molecule has 2 N–H and O–H groups in total. The monoisotopic (exact) mass is 289 g/mol. The fraction of sp³-hybridized carbons (Fsp3) is 0.357. The van der Waals surface area contributed by atoms with Crippen LogP contribution >= 0.6 is 0 Å². The minimum absolute atomic E-state index is 0.0876. The number of benzene rings is 1. The Morgan fingerprint density at radius 2 is 2.05 bits per heavy atom. The maximum absolute atomic E-state index is 12.1. The molecule has 2 aliphatic rings. The van der Waals surface area contributed by atoms with Crippen LogP contribution in [0.3, 0.4) is 0 Å². The van der Waals surface area contributed by atoms with E-state index in [4.69, 9.17) is 4.74 Å². The van der Waals surface area contributed by atoms with Gasteiger partial charge in [-0.25, -0.2) is 4.79 Å². The van der Waals surface area contributed by atoms with Crippen molar-refractivity contribution < 1.29 is 19.1 Å². The predicted octanol–water partition coefficient (Wildman–Crippen LogP) is -0.124. The van der Waals surface area contributed by atoms with Gasteiger partial charge in [-0.15, -0.1) is 0 Å². The molecule has 110 valence electrons. The Kier molecular flexibility index (Phi) is 3.25. The molecule has 0 radical (unpaired) electrons. The number of rotatable bonds is 3. The maximum atomic E-state index is 12.1. The number of hydrogen-bond donors (Lipinski definition) is 2. The quantitative estimate of drug-likeness (QED) is 0.759. The Bertz CT molecular complexity index is 589. The molecule has 1 spiro atoms. The average Bonchev–Trinajstić information content (AvgIpc) is 3.02. The molecule has 0 aromatic heterocycles. The molecule has 0 bridgehead atoms. The van der Waals surface area contributed by atoms with Crippen LogP contribution in [-0.4, -0.2) is 48.0 Å². The Morgan fingerprint density at radius 3 is 2.71 bits per heavy atom. The predicted molar refractivity (Wildman–Crippen MR) is 72.5 cm³/mol. The van der Waals surface area contributed by atoms with Gasteiger partial charge in [0.1, 0.15) is 11.3 Å². The number of para-hydroxylation sites is 1. The molecular formula is C14H15N3O4. The Morgan fingerprint density at radius 1 is 1.29 bits per heavy atom. The third-order valence-electron chi connectivity index (χ3n) is 3.74. The Labute approximate surface area is 121 Å². The molecule has 7 nitrogen and oxygen atoms in total. The zero-order valence-electron chi connectivity index (χ0n) is 11.3. The number of hydrogen-bond acceptors (Lipinski definition) is 4. The lowest BCUT2D eigenvalue weighted by Gasteiger charge is -2.21. The summed E-state index contributed by atoms with van der Waals surface area (Å²) >= 11 is 0. The van der Waals surface area contributed by atoms with Gasteiger partial charge in [-0.1, -0.05) is 18.2 Å². The van der Waals surface area contributed by atoms with E-state index in [2.05, 4.69) is 10.6 Å². The largest absolute Gasteiger partial charge is 0.484 e. The first-order chi connectivity index (χ1) is 10.1. The van der Waals surface area contributed by atoms with E-state index >= 15 is 0 Å². The minimum Gasteiger partial charge on any atom is -0.484 e. The van der Waals surface area contributed by atoms with E-state index in [1.165, 1.54) is 4.90 Å². The second kappa shape index (κ2) is 5.08. The number of urea groups is 1. The molecule has 2 aliphatic heterocycles. The molecule has 0 aliphatic carbocycles. The third kappa shape index (κ3) is 2.54. The molecule has 1 unspecified atom stereocenters. The van der Waals surface area contributed by atoms with Gasteiger partial charge in [-0.2, -0.15) is 0 Å². The number of nitrogens with one attached hydrogen (secondary N) is 2. The lowest BCUT2D eigenvalue weighted by Crippen LogP contribution is -2.50. The van der Waals surface area contributed by atoms with Crippen LogP contribution in [0.4, 0.5) is 4.79 Å². The van der Waals surface area contributed by atoms with Gasteiger partial charge in [0.25, 0.3) is 11.8 Å². The van der Waals surface area contributed by atoms with Crippen molar-refractivity contribution in [3.8, 4) is 5.75 Å². The molecule has 7 heteroatoms. The molecule has 2 fully saturated rings. The van der Waals surface area contributed by atoms with Gasteiger partial charge in [-0.3, -0.25) is 14.9 Å². The second-order valence-corrected chi connectivity index (χ2v) is 5.16. The highest BCUT2D eigenvalue weighted by molar-refractivity contribution is 6.07. The zero-order chi connectivity index (χ0) is 14.9. The fourth-order valence-electron chi connectivity index (χ4n) is 2.59. The molecule has 4 amide bonds. The first kappa shape index (κ1) is 13.4. The van der Waals surface area contributed by atoms with Crippen molar-refractivity contribution >= 4 is 17.8 Å². The van der Waals surface area contributed by atoms with E-state index in [1.807, 2.05) is 18.2 Å². The van der Waals surface area contributed by atoms with Crippen molar-refractivity contribution in [3.05, 3.63) is 30.3 Å². The van der Waals surface area contributed by atoms with Crippen molar-refractivity contribution in [2.24, 2.45) is 0 Å². The summed E-state index contributed by atoms with van der Waals surface area (Å²) in [5.74, 6) is 0.0446. The number of nitrogens with zero attached hydrogens (tertiary/aromatic N) is 1. The summed E-state index contributed by atoms with van der Waals surface area (Å²) in [6.07, 6.45) is 0.418. The number of ether oxygens (including phenoxy) is 1. The molecule has 2 heterocycles. The van der Waals surface area contributed by atoms with Gasteiger partial charge in [0, 0.05) is 6.54 Å². The van der Waals surface area contributed by atoms with Crippen LogP contribution in [-0.2, 0) is 9.59 Å². The summed E-state index contributed by atoms with van der Waals surface area (Å²) in [4.78, 5) is 36.7. The van der Waals surface area contributed by atoms with Crippen LogP contribution in [0.15, 0.2) is 30.3 Å². The van der Waals surface area contributed by atoms with Crippen molar-refractivity contribution in [2.45, 2.75) is 12.0 Å². The summed E-state index contributed by atoms with van der Waals surface area (Å²) in [5.41, 5.74) is -0.973. The molecule has 21 heavy (non-hydrogen) atoms. The van der Waals surface area contributed by atoms with Gasteiger partial charge >= 0.3 is 6.03 Å². The fourth-order valence-corrected chi connectivity index (χ4v) is 2.59. The zero-order valence-corrected chi connectivity index (χ0v) is 11.3. The van der Waals surface area contributed by atoms with E-state index in [-0.39, 0.29) is 25.0 Å². The minimum atomic E-state index is -0.973. The average molecular weight is 289 g/mol. The molecule has 3 rings (SSSR count). The summed E-state index contributed by atoms with van der Waals surface area (Å²) in [5, 5.41) is 4.81. The smallest absolute Gasteiger partial charge is 0.322 e. The number of likely N-dealkylation sites (tertiary alicyclic amines) is 1. The SMILES string of the molecule is O=C1NC(=O)C2(CCN(C(=O)COc3ccccc3)C2)N1. The van der Waals surface area contributed by atoms with E-state index in [0.717, 1.165) is 0 Å². The van der Waals surface area contributed by atoms with Crippen LogP contribution in [0.25, 0.3) is 0 Å². The van der Waals surface area contributed by atoms with Crippen LogP contribution in [0.2, 0.25) is 0 Å². The lowest BCUT2D eigenvalue weighted by molar-refractivity contribution is -0.132. The van der Waals surface area contributed by atoms with Crippen molar-refractivity contribution in [1.29, 1.82) is 0 Å². The van der Waals surface area contributed by atoms with Crippen LogP contribution in [0.1, 0.15) is 6.42 Å². The molecule has 0 saturated carbocycles. The van der Waals surface area contributed by atoms with E-state index in [9.17, 15) is 14.4 Å². The van der Waals surface area contributed by atoms with Gasteiger partial charge in [0.2, 0.25) is 0 Å². The Balaban J connectivity index is 1.58. The van der Waals surface area contributed by atoms with Crippen LogP contribution in [0.5, 0.6) is 5.75 Å². The third-order valence-corrected chi connectivity index (χ3v) is 3.74. The first-order valence-electron chi connectivity index (χ1n) is 6.68. The van der Waals surface area contributed by atoms with E-state index in [0.29, 0.717) is 18.7 Å². The number of imide groups is 1. The standard InChI is InChI=1S/C14H15N3O4/c18-11(8-21-10-4-2-1-3-5-10)17-7-6-14(9-17)12(19)15-13(20)16-14/h1-5H,6-9H2,(H2,15,16,19,20). The lowest BCUT2D eigenvalue weighted by atomic mass is 10.00. The molecule has 2 saturated heterocycles. The van der Waals surface area contributed by atoms with Crippen molar-refractivity contribution in [3.63, 3.8) is 0 Å². The van der Waals surface area contributed by atoms with Gasteiger partial charge in [-0.05, 0) is 18.6 Å². The topological polar surface area (TPSA) is 87.7 Å². The van der Waals surface area contributed by atoms with Crippen molar-refractivity contribution in [2.75, 3.05) is 19.7 Å². The highest BCUT2D eigenvalue weighted by atomic mass is 16.5. The van der Waals surface area contributed by atoms with E-state index in [1.54, 1.807) is 12.1 Å². The van der Waals surface area contributed by atoms with E-state index < -0.39 is 11.6 Å². The molecule has 1 atom stereocenters. The summed E-state index contributed by atoms with van der Waals surface area (Å²) in [7, 11) is 0. The Hall–Kier alpha value is -2.57. The molecule has 1 aromatic carbocycles.